The van der Waals surface area contributed by atoms with Crippen LogP contribution in [-0.4, -0.2) is 11.5 Å². The Labute approximate surface area is 83.5 Å². The predicted molar refractivity (Wildman–Crippen MR) is 57.5 cm³/mol. The molecule has 2 heteroatoms. The summed E-state index contributed by atoms with van der Waals surface area (Å²) >= 11 is 1.80. The third kappa shape index (κ3) is 3.23. The van der Waals surface area contributed by atoms with E-state index in [2.05, 4.69) is 6.92 Å². The van der Waals surface area contributed by atoms with Crippen LogP contribution in [0.25, 0.3) is 0 Å². The van der Waals surface area contributed by atoms with Crippen molar-refractivity contribution in [3.05, 3.63) is 29.8 Å². The Balaban J connectivity index is 2.73. The number of ketones is 1. The summed E-state index contributed by atoms with van der Waals surface area (Å²) in [6, 6.07) is 7.81. The molecule has 0 fully saturated rings. The highest BCUT2D eigenvalue weighted by Gasteiger charge is 1.99. The van der Waals surface area contributed by atoms with Crippen LogP contribution in [-0.2, 0) is 0 Å². The largest absolute Gasteiger partial charge is 0.295 e. The Morgan fingerprint density at radius 3 is 2.85 bits per heavy atom. The molecular weight excluding hydrogens is 180 g/mol. The second kappa shape index (κ2) is 5.07. The molecule has 0 aliphatic rings. The van der Waals surface area contributed by atoms with Crippen LogP contribution >= 0.6 is 11.8 Å². The van der Waals surface area contributed by atoms with Gasteiger partial charge in [0.15, 0.2) is 5.78 Å². The van der Waals surface area contributed by atoms with Crippen molar-refractivity contribution in [1.29, 1.82) is 0 Å². The molecule has 0 spiro atoms. The number of rotatable bonds is 4. The van der Waals surface area contributed by atoms with Gasteiger partial charge in [0.25, 0.3) is 0 Å². The predicted octanol–water partition coefficient (Wildman–Crippen LogP) is 3.39. The van der Waals surface area contributed by atoms with E-state index in [1.165, 1.54) is 4.90 Å². The molecule has 0 N–H and O–H groups in total. The van der Waals surface area contributed by atoms with Gasteiger partial charge in [-0.25, -0.2) is 0 Å². The maximum absolute atomic E-state index is 11.1. The van der Waals surface area contributed by atoms with Crippen molar-refractivity contribution < 1.29 is 4.79 Å². The number of carbonyl (C=O) groups excluding carboxylic acids is 1. The van der Waals surface area contributed by atoms with Crippen molar-refractivity contribution in [2.45, 2.75) is 25.2 Å². The fourth-order valence-electron chi connectivity index (χ4n) is 1.02. The average molecular weight is 194 g/mol. The molecule has 13 heavy (non-hydrogen) atoms. The average Bonchev–Trinajstić information content (AvgIpc) is 2.15. The van der Waals surface area contributed by atoms with E-state index in [1.807, 2.05) is 24.3 Å². The number of hydrogen-bond donors (Lipinski definition) is 0. The molecular formula is C11H14OS. The highest BCUT2D eigenvalue weighted by Crippen LogP contribution is 2.19. The summed E-state index contributed by atoms with van der Waals surface area (Å²) in [4.78, 5) is 12.3. The lowest BCUT2D eigenvalue weighted by molar-refractivity contribution is 0.101. The van der Waals surface area contributed by atoms with Gasteiger partial charge in [0, 0.05) is 10.5 Å². The normalized spacial score (nSPS) is 10.0. The topological polar surface area (TPSA) is 17.1 Å². The van der Waals surface area contributed by atoms with E-state index in [1.54, 1.807) is 18.7 Å². The van der Waals surface area contributed by atoms with E-state index in [0.29, 0.717) is 0 Å². The van der Waals surface area contributed by atoms with Gasteiger partial charge >= 0.3 is 0 Å². The zero-order valence-corrected chi connectivity index (χ0v) is 8.86. The van der Waals surface area contributed by atoms with E-state index >= 15 is 0 Å². The molecule has 0 radical (unpaired) electrons. The van der Waals surface area contributed by atoms with Crippen molar-refractivity contribution in [1.82, 2.24) is 0 Å². The summed E-state index contributed by atoms with van der Waals surface area (Å²) in [7, 11) is 0. The molecule has 0 saturated carbocycles. The van der Waals surface area contributed by atoms with E-state index in [0.717, 1.165) is 17.7 Å². The van der Waals surface area contributed by atoms with Crippen LogP contribution in [0.1, 0.15) is 30.6 Å². The lowest BCUT2D eigenvalue weighted by Gasteiger charge is -2.01. The van der Waals surface area contributed by atoms with Gasteiger partial charge in [0.1, 0.15) is 0 Å². The van der Waals surface area contributed by atoms with Crippen LogP contribution in [0, 0.1) is 0 Å². The first kappa shape index (κ1) is 10.3. The first-order valence-electron chi connectivity index (χ1n) is 4.48. The summed E-state index contributed by atoms with van der Waals surface area (Å²) in [5.74, 6) is 1.25. The summed E-state index contributed by atoms with van der Waals surface area (Å²) in [5, 5.41) is 0. The monoisotopic (exact) mass is 194 g/mol. The Hall–Kier alpha value is -0.760. The standard InChI is InChI=1S/C11H14OS/c1-3-7-13-11-6-4-5-10(8-11)9(2)12/h4-6,8H,3,7H2,1-2H3. The number of hydrogen-bond acceptors (Lipinski definition) is 2. The minimum atomic E-state index is 0.138. The molecule has 1 aromatic rings. The maximum atomic E-state index is 11.1. The Morgan fingerprint density at radius 1 is 1.46 bits per heavy atom. The molecule has 0 aliphatic heterocycles. The van der Waals surface area contributed by atoms with Gasteiger partial charge in [0.2, 0.25) is 0 Å². The Morgan fingerprint density at radius 2 is 2.23 bits per heavy atom. The second-order valence-electron chi connectivity index (χ2n) is 2.93. The molecule has 0 amide bonds. The molecule has 1 rings (SSSR count). The summed E-state index contributed by atoms with van der Waals surface area (Å²) < 4.78 is 0. The SMILES string of the molecule is CCCSc1cccc(C(C)=O)c1. The highest BCUT2D eigenvalue weighted by molar-refractivity contribution is 7.99. The minimum Gasteiger partial charge on any atom is -0.295 e. The van der Waals surface area contributed by atoms with Gasteiger partial charge in [-0.15, -0.1) is 11.8 Å². The van der Waals surface area contributed by atoms with Crippen LogP contribution in [0.3, 0.4) is 0 Å². The summed E-state index contributed by atoms with van der Waals surface area (Å²) in [6.45, 7) is 3.76. The van der Waals surface area contributed by atoms with Gasteiger partial charge in [-0.2, -0.15) is 0 Å². The molecule has 0 aliphatic carbocycles. The van der Waals surface area contributed by atoms with Gasteiger partial charge in [-0.3, -0.25) is 4.79 Å². The van der Waals surface area contributed by atoms with E-state index < -0.39 is 0 Å². The number of thioether (sulfide) groups is 1. The van der Waals surface area contributed by atoms with E-state index in [4.69, 9.17) is 0 Å². The van der Waals surface area contributed by atoms with Gasteiger partial charge in [-0.1, -0.05) is 19.1 Å². The molecule has 1 nitrogen and oxygen atoms in total. The van der Waals surface area contributed by atoms with Gasteiger partial charge < -0.3 is 0 Å². The van der Waals surface area contributed by atoms with Crippen LogP contribution in [0.5, 0.6) is 0 Å². The molecule has 0 atom stereocenters. The third-order valence-electron chi connectivity index (χ3n) is 1.71. The lowest BCUT2D eigenvalue weighted by atomic mass is 10.2. The maximum Gasteiger partial charge on any atom is 0.159 e. The van der Waals surface area contributed by atoms with Crippen molar-refractivity contribution in [2.24, 2.45) is 0 Å². The van der Waals surface area contributed by atoms with Crippen molar-refractivity contribution in [3.8, 4) is 0 Å². The van der Waals surface area contributed by atoms with Crippen LogP contribution in [0.4, 0.5) is 0 Å². The summed E-state index contributed by atoms with van der Waals surface area (Å²) in [5.41, 5.74) is 0.807. The molecule has 0 saturated heterocycles. The Bertz CT molecular complexity index is 294. The second-order valence-corrected chi connectivity index (χ2v) is 4.10. The van der Waals surface area contributed by atoms with Crippen molar-refractivity contribution >= 4 is 17.5 Å². The first-order valence-corrected chi connectivity index (χ1v) is 5.46. The lowest BCUT2D eigenvalue weighted by Crippen LogP contribution is -1.91. The number of Topliss-reactive ketones (excluding diaryl/α,β-unsaturated/α-hetero) is 1. The molecule has 0 bridgehead atoms. The molecule has 0 aromatic heterocycles. The fourth-order valence-corrected chi connectivity index (χ4v) is 1.85. The van der Waals surface area contributed by atoms with Gasteiger partial charge in [-0.05, 0) is 31.2 Å². The third-order valence-corrected chi connectivity index (χ3v) is 2.91. The zero-order chi connectivity index (χ0) is 9.68. The smallest absolute Gasteiger partial charge is 0.159 e. The molecule has 0 unspecified atom stereocenters. The number of carbonyl (C=O) groups is 1. The summed E-state index contributed by atoms with van der Waals surface area (Å²) in [6.07, 6.45) is 1.16. The molecule has 1 aromatic carbocycles. The fraction of sp³-hybridized carbons (Fsp3) is 0.364. The minimum absolute atomic E-state index is 0.138. The molecule has 70 valence electrons. The Kier molecular flexibility index (Phi) is 4.03. The van der Waals surface area contributed by atoms with Crippen LogP contribution < -0.4 is 0 Å². The van der Waals surface area contributed by atoms with Crippen molar-refractivity contribution in [3.63, 3.8) is 0 Å². The van der Waals surface area contributed by atoms with Crippen LogP contribution in [0.2, 0.25) is 0 Å². The van der Waals surface area contributed by atoms with E-state index in [9.17, 15) is 4.79 Å². The number of benzene rings is 1. The zero-order valence-electron chi connectivity index (χ0n) is 8.04. The van der Waals surface area contributed by atoms with Crippen molar-refractivity contribution in [2.75, 3.05) is 5.75 Å². The van der Waals surface area contributed by atoms with Gasteiger partial charge in [0.05, 0.1) is 0 Å². The quantitative estimate of drug-likeness (QED) is 0.540. The van der Waals surface area contributed by atoms with Crippen LogP contribution in [0.15, 0.2) is 29.2 Å². The molecule has 0 heterocycles. The highest BCUT2D eigenvalue weighted by atomic mass is 32.2. The van der Waals surface area contributed by atoms with E-state index in [-0.39, 0.29) is 5.78 Å². The first-order chi connectivity index (χ1) is 6.24.